The van der Waals surface area contributed by atoms with Gasteiger partial charge in [-0.2, -0.15) is 18.3 Å². The van der Waals surface area contributed by atoms with Gasteiger partial charge in [-0.05, 0) is 55.7 Å². The van der Waals surface area contributed by atoms with E-state index in [-0.39, 0.29) is 31.3 Å². The highest BCUT2D eigenvalue weighted by molar-refractivity contribution is 6.32. The van der Waals surface area contributed by atoms with Crippen molar-refractivity contribution < 1.29 is 22.7 Å². The van der Waals surface area contributed by atoms with Crippen molar-refractivity contribution in [3.8, 4) is 5.75 Å². The van der Waals surface area contributed by atoms with Crippen LogP contribution in [0.1, 0.15) is 39.3 Å². The number of halogens is 5. The van der Waals surface area contributed by atoms with E-state index in [0.29, 0.717) is 22.8 Å². The van der Waals surface area contributed by atoms with Crippen LogP contribution >= 0.6 is 23.2 Å². The highest BCUT2D eigenvalue weighted by Crippen LogP contribution is 2.35. The first-order valence-electron chi connectivity index (χ1n) is 10.1. The lowest BCUT2D eigenvalue weighted by molar-refractivity contribution is -0.141. The Balaban J connectivity index is 1.53. The van der Waals surface area contributed by atoms with Gasteiger partial charge >= 0.3 is 6.18 Å². The first-order valence-corrected chi connectivity index (χ1v) is 10.9. The zero-order valence-electron chi connectivity index (χ0n) is 18.0. The molecule has 0 aliphatic rings. The zero-order chi connectivity index (χ0) is 24.2. The Kier molecular flexibility index (Phi) is 7.92. The van der Waals surface area contributed by atoms with E-state index in [0.717, 1.165) is 11.1 Å². The minimum Gasteiger partial charge on any atom is -0.487 e. The van der Waals surface area contributed by atoms with Crippen LogP contribution in [0, 0.1) is 13.8 Å². The molecular formula is C23H22Cl2F3N3O2. The summed E-state index contributed by atoms with van der Waals surface area (Å²) in [6, 6.07) is 12.5. The number of benzene rings is 2. The summed E-state index contributed by atoms with van der Waals surface area (Å²) in [4.78, 5) is 12.5. The Hall–Kier alpha value is -2.71. The molecule has 1 amide bonds. The average molecular weight is 500 g/mol. The fraction of sp³-hybridized carbons (Fsp3) is 0.304. The summed E-state index contributed by atoms with van der Waals surface area (Å²) in [6.07, 6.45) is -4.22. The molecule has 3 rings (SSSR count). The summed E-state index contributed by atoms with van der Waals surface area (Å²) in [5.41, 5.74) is 1.39. The molecule has 0 aliphatic carbocycles. The quantitative estimate of drug-likeness (QED) is 0.374. The molecule has 0 fully saturated rings. The lowest BCUT2D eigenvalue weighted by Crippen LogP contribution is -2.25. The van der Waals surface area contributed by atoms with Crippen LogP contribution in [0.5, 0.6) is 5.75 Å². The molecule has 2 aromatic carbocycles. The van der Waals surface area contributed by atoms with Crippen molar-refractivity contribution in [3.05, 3.63) is 80.6 Å². The second-order valence-corrected chi connectivity index (χ2v) is 8.29. The predicted molar refractivity (Wildman–Crippen MR) is 121 cm³/mol. The van der Waals surface area contributed by atoms with Gasteiger partial charge < -0.3 is 10.1 Å². The monoisotopic (exact) mass is 499 g/mol. The molecule has 1 aromatic heterocycles. The molecule has 176 valence electrons. The number of amides is 1. The zero-order valence-corrected chi connectivity index (χ0v) is 19.5. The van der Waals surface area contributed by atoms with Crippen LogP contribution in [0.3, 0.4) is 0 Å². The van der Waals surface area contributed by atoms with Gasteiger partial charge in [0.25, 0.3) is 5.91 Å². The Morgan fingerprint density at radius 2 is 1.91 bits per heavy atom. The Labute approximate surface area is 199 Å². The van der Waals surface area contributed by atoms with Gasteiger partial charge in [0.1, 0.15) is 12.4 Å². The molecule has 5 nitrogen and oxygen atoms in total. The average Bonchev–Trinajstić information content (AvgIpc) is 3.06. The Morgan fingerprint density at radius 1 is 1.15 bits per heavy atom. The van der Waals surface area contributed by atoms with Crippen LogP contribution in [0.4, 0.5) is 13.2 Å². The predicted octanol–water partition coefficient (Wildman–Crippen LogP) is 6.22. The van der Waals surface area contributed by atoms with E-state index in [9.17, 15) is 18.0 Å². The van der Waals surface area contributed by atoms with E-state index >= 15 is 0 Å². The van der Waals surface area contributed by atoms with E-state index in [1.165, 1.54) is 11.6 Å². The van der Waals surface area contributed by atoms with Crippen molar-refractivity contribution >= 4 is 29.1 Å². The first kappa shape index (κ1) is 24.9. The van der Waals surface area contributed by atoms with E-state index in [4.69, 9.17) is 27.9 Å². The van der Waals surface area contributed by atoms with Gasteiger partial charge in [0.2, 0.25) is 0 Å². The number of aromatic nitrogens is 2. The third-order valence-electron chi connectivity index (χ3n) is 4.90. The Bertz CT molecular complexity index is 1150. The summed E-state index contributed by atoms with van der Waals surface area (Å²) in [5.74, 6) is 0.269. The third-order valence-corrected chi connectivity index (χ3v) is 5.67. The van der Waals surface area contributed by atoms with Gasteiger partial charge in [-0.15, -0.1) is 0 Å². The van der Waals surface area contributed by atoms with Crippen LogP contribution in [0.25, 0.3) is 0 Å². The van der Waals surface area contributed by atoms with Gasteiger partial charge in [0, 0.05) is 18.7 Å². The molecule has 0 atom stereocenters. The lowest BCUT2D eigenvalue weighted by atomic mass is 10.1. The van der Waals surface area contributed by atoms with Gasteiger partial charge in [-0.25, -0.2) is 0 Å². The van der Waals surface area contributed by atoms with Crippen LogP contribution in [-0.2, 0) is 19.3 Å². The summed E-state index contributed by atoms with van der Waals surface area (Å²) in [6.45, 7) is 4.10. The molecule has 10 heteroatoms. The summed E-state index contributed by atoms with van der Waals surface area (Å²) < 4.78 is 45.7. The molecule has 1 heterocycles. The maximum absolute atomic E-state index is 12.9. The molecule has 0 spiro atoms. The van der Waals surface area contributed by atoms with Crippen LogP contribution in [-0.4, -0.2) is 22.2 Å². The second-order valence-electron chi connectivity index (χ2n) is 7.50. The normalized spacial score (nSPS) is 11.5. The minimum atomic E-state index is -4.61. The van der Waals surface area contributed by atoms with Crippen molar-refractivity contribution in [3.63, 3.8) is 0 Å². The van der Waals surface area contributed by atoms with Crippen LogP contribution < -0.4 is 10.1 Å². The fourth-order valence-corrected chi connectivity index (χ4v) is 3.56. The number of nitrogens with zero attached hydrogens (tertiary/aromatic N) is 2. The third kappa shape index (κ3) is 6.42. The molecule has 33 heavy (non-hydrogen) atoms. The molecule has 0 bridgehead atoms. The molecule has 3 aromatic rings. The number of hydrogen-bond donors (Lipinski definition) is 1. The maximum atomic E-state index is 12.9. The SMILES string of the molecule is Cc1ccc(Cl)c(OCc2cccc(C(=O)NCCCn3nc(C(F)(F)F)c(Cl)c3C)c2)c1. The molecule has 0 aliphatic heterocycles. The molecule has 0 saturated carbocycles. The summed E-state index contributed by atoms with van der Waals surface area (Å²) in [7, 11) is 0. The van der Waals surface area contributed by atoms with Crippen molar-refractivity contribution in [2.24, 2.45) is 0 Å². The van der Waals surface area contributed by atoms with Crippen molar-refractivity contribution in [2.75, 3.05) is 6.54 Å². The first-order chi connectivity index (χ1) is 15.6. The van der Waals surface area contributed by atoms with E-state index < -0.39 is 16.9 Å². The van der Waals surface area contributed by atoms with Crippen LogP contribution in [0.2, 0.25) is 10.0 Å². The number of ether oxygens (including phenoxy) is 1. The van der Waals surface area contributed by atoms with Crippen molar-refractivity contribution in [1.82, 2.24) is 15.1 Å². The molecule has 1 N–H and O–H groups in total. The number of carbonyl (C=O) groups is 1. The van der Waals surface area contributed by atoms with Gasteiger partial charge in [0.15, 0.2) is 5.69 Å². The number of nitrogens with one attached hydrogen (secondary N) is 1. The number of carbonyl (C=O) groups excluding carboxylic acids is 1. The molecule has 0 radical (unpaired) electrons. The fourth-order valence-electron chi connectivity index (χ4n) is 3.14. The molecule has 0 saturated heterocycles. The highest BCUT2D eigenvalue weighted by atomic mass is 35.5. The number of hydrogen-bond acceptors (Lipinski definition) is 3. The second kappa shape index (κ2) is 10.5. The van der Waals surface area contributed by atoms with Gasteiger partial charge in [-0.1, -0.05) is 41.4 Å². The number of rotatable bonds is 8. The van der Waals surface area contributed by atoms with Gasteiger partial charge in [-0.3, -0.25) is 9.48 Å². The van der Waals surface area contributed by atoms with E-state index in [1.54, 1.807) is 24.3 Å². The van der Waals surface area contributed by atoms with Crippen LogP contribution in [0.15, 0.2) is 42.5 Å². The van der Waals surface area contributed by atoms with Gasteiger partial charge in [0.05, 0.1) is 15.7 Å². The summed E-state index contributed by atoms with van der Waals surface area (Å²) >= 11 is 11.9. The van der Waals surface area contributed by atoms with Crippen molar-refractivity contribution in [1.29, 1.82) is 0 Å². The molecular weight excluding hydrogens is 478 g/mol. The standard InChI is InChI=1S/C23H22Cl2F3N3O2/c1-14-7-8-18(24)19(11-14)33-13-16-5-3-6-17(12-16)22(32)29-9-4-10-31-15(2)20(25)21(30-31)23(26,27)28/h3,5-8,11-12H,4,9-10,13H2,1-2H3,(H,29,32). The smallest absolute Gasteiger partial charge is 0.436 e. The van der Waals surface area contributed by atoms with E-state index in [1.807, 2.05) is 25.1 Å². The number of aryl methyl sites for hydroxylation is 2. The highest BCUT2D eigenvalue weighted by Gasteiger charge is 2.38. The lowest BCUT2D eigenvalue weighted by Gasteiger charge is -2.10. The largest absolute Gasteiger partial charge is 0.487 e. The minimum absolute atomic E-state index is 0.188. The Morgan fingerprint density at radius 3 is 2.61 bits per heavy atom. The maximum Gasteiger partial charge on any atom is 0.436 e. The van der Waals surface area contributed by atoms with E-state index in [2.05, 4.69) is 10.4 Å². The summed E-state index contributed by atoms with van der Waals surface area (Å²) in [5, 5.41) is 6.41. The molecule has 0 unspecified atom stereocenters. The topological polar surface area (TPSA) is 56.1 Å². The van der Waals surface area contributed by atoms with Crippen molar-refractivity contribution in [2.45, 2.75) is 39.6 Å². The number of alkyl halides is 3.